The van der Waals surface area contributed by atoms with Gasteiger partial charge in [-0.25, -0.2) is 4.39 Å². The van der Waals surface area contributed by atoms with Crippen molar-refractivity contribution < 1.29 is 9.18 Å². The fraction of sp³-hybridized carbons (Fsp3) is 0.292. The molecule has 0 unspecified atom stereocenters. The number of benzene rings is 2. The van der Waals surface area contributed by atoms with E-state index in [4.69, 9.17) is 0 Å². The zero-order valence-corrected chi connectivity index (χ0v) is 17.4. The highest BCUT2D eigenvalue weighted by atomic mass is 32.1. The summed E-state index contributed by atoms with van der Waals surface area (Å²) in [4.78, 5) is 18.3. The molecule has 1 saturated heterocycles. The third-order valence-corrected chi connectivity index (χ3v) is 6.32. The number of halogens is 1. The summed E-state index contributed by atoms with van der Waals surface area (Å²) in [7, 11) is 0. The molecule has 0 aliphatic carbocycles. The Bertz CT molecular complexity index is 947. The Morgan fingerprint density at radius 2 is 1.86 bits per heavy atom. The molecule has 5 heteroatoms. The molecule has 2 aromatic carbocycles. The second kappa shape index (κ2) is 8.89. The van der Waals surface area contributed by atoms with Gasteiger partial charge in [-0.3, -0.25) is 9.69 Å². The minimum Gasteiger partial charge on any atom is -0.305 e. The quantitative estimate of drug-likeness (QED) is 0.556. The van der Waals surface area contributed by atoms with Gasteiger partial charge in [0, 0.05) is 31.4 Å². The number of anilines is 1. The van der Waals surface area contributed by atoms with Crippen LogP contribution in [0.5, 0.6) is 0 Å². The van der Waals surface area contributed by atoms with Crippen molar-refractivity contribution in [1.82, 2.24) is 4.90 Å². The molecule has 0 bridgehead atoms. The fourth-order valence-electron chi connectivity index (χ4n) is 4.02. The van der Waals surface area contributed by atoms with E-state index >= 15 is 0 Å². The highest BCUT2D eigenvalue weighted by Gasteiger charge is 2.30. The van der Waals surface area contributed by atoms with E-state index in [0.717, 1.165) is 43.0 Å². The summed E-state index contributed by atoms with van der Waals surface area (Å²) >= 11 is 1.45. The van der Waals surface area contributed by atoms with E-state index in [2.05, 4.69) is 36.1 Å². The van der Waals surface area contributed by atoms with Crippen LogP contribution in [-0.2, 0) is 6.54 Å². The maximum atomic E-state index is 13.4. The molecule has 0 spiro atoms. The zero-order chi connectivity index (χ0) is 20.2. The maximum Gasteiger partial charge on any atom is 0.268 e. The van der Waals surface area contributed by atoms with Crippen molar-refractivity contribution in [1.29, 1.82) is 0 Å². The Morgan fingerprint density at radius 1 is 1.10 bits per heavy atom. The molecule has 0 atom stereocenters. The second-order valence-electron chi connectivity index (χ2n) is 7.63. The number of carbonyl (C=O) groups excluding carboxylic acids is 1. The van der Waals surface area contributed by atoms with E-state index < -0.39 is 0 Å². The van der Waals surface area contributed by atoms with Crippen LogP contribution >= 0.6 is 11.3 Å². The van der Waals surface area contributed by atoms with E-state index in [1.165, 1.54) is 34.6 Å². The van der Waals surface area contributed by atoms with Gasteiger partial charge in [0.25, 0.3) is 5.91 Å². The van der Waals surface area contributed by atoms with Crippen LogP contribution in [0.4, 0.5) is 10.1 Å². The molecule has 4 rings (SSSR count). The molecule has 1 aliphatic heterocycles. The monoisotopic (exact) mass is 408 g/mol. The predicted molar refractivity (Wildman–Crippen MR) is 117 cm³/mol. The number of nitrogens with zero attached hydrogens (tertiary/aromatic N) is 2. The first-order valence-corrected chi connectivity index (χ1v) is 10.9. The van der Waals surface area contributed by atoms with Gasteiger partial charge < -0.3 is 4.90 Å². The third kappa shape index (κ3) is 4.74. The summed E-state index contributed by atoms with van der Waals surface area (Å²) in [6, 6.07) is 18.8. The van der Waals surface area contributed by atoms with Crippen molar-refractivity contribution in [3.8, 4) is 0 Å². The largest absolute Gasteiger partial charge is 0.305 e. The summed E-state index contributed by atoms with van der Waals surface area (Å²) in [5, 5.41) is 1.92. The first-order chi connectivity index (χ1) is 14.1. The van der Waals surface area contributed by atoms with E-state index in [1.807, 2.05) is 22.4 Å². The number of thiophene rings is 1. The number of hydrogen-bond donors (Lipinski definition) is 0. The molecule has 0 radical (unpaired) electrons. The van der Waals surface area contributed by atoms with Crippen LogP contribution in [0.3, 0.4) is 0 Å². The van der Waals surface area contributed by atoms with Crippen LogP contribution < -0.4 is 4.90 Å². The standard InChI is InChI=1S/C24H25FN2OS/c1-18-4-2-5-19(16-18)17-26-13-11-22(12-14-26)27(21-9-7-20(25)8-10-21)24(28)23-6-3-15-29-23/h2-10,15-16,22H,11-14,17H2,1H3. The first-order valence-electron chi connectivity index (χ1n) is 10.0. The van der Waals surface area contributed by atoms with Crippen LogP contribution in [0.25, 0.3) is 0 Å². The summed E-state index contributed by atoms with van der Waals surface area (Å²) in [6.07, 6.45) is 1.81. The molecule has 0 N–H and O–H groups in total. The van der Waals surface area contributed by atoms with Gasteiger partial charge in [0.1, 0.15) is 5.82 Å². The molecule has 29 heavy (non-hydrogen) atoms. The topological polar surface area (TPSA) is 23.6 Å². The summed E-state index contributed by atoms with van der Waals surface area (Å²) in [5.41, 5.74) is 3.37. The van der Waals surface area contributed by atoms with Gasteiger partial charge >= 0.3 is 0 Å². The van der Waals surface area contributed by atoms with Crippen molar-refractivity contribution in [2.45, 2.75) is 32.4 Å². The van der Waals surface area contributed by atoms with Crippen LogP contribution in [0.1, 0.15) is 33.6 Å². The molecule has 1 aromatic heterocycles. The van der Waals surface area contributed by atoms with Gasteiger partial charge in [-0.05, 0) is 61.0 Å². The highest BCUT2D eigenvalue weighted by molar-refractivity contribution is 7.12. The number of carbonyl (C=O) groups is 1. The van der Waals surface area contributed by atoms with Gasteiger partial charge in [0.15, 0.2) is 0 Å². The van der Waals surface area contributed by atoms with Crippen LogP contribution in [0, 0.1) is 12.7 Å². The number of hydrogen-bond acceptors (Lipinski definition) is 3. The zero-order valence-electron chi connectivity index (χ0n) is 16.6. The van der Waals surface area contributed by atoms with Gasteiger partial charge in [-0.2, -0.15) is 0 Å². The number of likely N-dealkylation sites (tertiary alicyclic amines) is 1. The Balaban J connectivity index is 1.49. The number of aryl methyl sites for hydroxylation is 1. The van der Waals surface area contributed by atoms with Crippen molar-refractivity contribution in [2.75, 3.05) is 18.0 Å². The molecular formula is C24H25FN2OS. The smallest absolute Gasteiger partial charge is 0.268 e. The van der Waals surface area contributed by atoms with Crippen molar-refractivity contribution >= 4 is 22.9 Å². The third-order valence-electron chi connectivity index (χ3n) is 5.47. The lowest BCUT2D eigenvalue weighted by Crippen LogP contribution is -2.47. The van der Waals surface area contributed by atoms with Crippen LogP contribution in [-0.4, -0.2) is 29.9 Å². The lowest BCUT2D eigenvalue weighted by Gasteiger charge is -2.38. The molecule has 2 heterocycles. The Morgan fingerprint density at radius 3 is 2.52 bits per heavy atom. The van der Waals surface area contributed by atoms with Gasteiger partial charge in [-0.15, -0.1) is 11.3 Å². The highest BCUT2D eigenvalue weighted by Crippen LogP contribution is 2.28. The van der Waals surface area contributed by atoms with E-state index in [0.29, 0.717) is 0 Å². The lowest BCUT2D eigenvalue weighted by molar-refractivity contribution is 0.0962. The molecule has 1 aliphatic rings. The molecular weight excluding hydrogens is 383 g/mol. The fourth-order valence-corrected chi connectivity index (χ4v) is 4.68. The van der Waals surface area contributed by atoms with E-state index in [9.17, 15) is 9.18 Å². The molecule has 150 valence electrons. The Kier molecular flexibility index (Phi) is 6.07. The van der Waals surface area contributed by atoms with Gasteiger partial charge in [0.05, 0.1) is 4.88 Å². The summed E-state index contributed by atoms with van der Waals surface area (Å²) in [5.74, 6) is -0.283. The molecule has 3 aromatic rings. The van der Waals surface area contributed by atoms with Crippen molar-refractivity contribution in [3.63, 3.8) is 0 Å². The molecule has 3 nitrogen and oxygen atoms in total. The Hall–Kier alpha value is -2.50. The number of amides is 1. The predicted octanol–water partition coefficient (Wildman–Crippen LogP) is 5.51. The van der Waals surface area contributed by atoms with Crippen LogP contribution in [0.2, 0.25) is 0 Å². The van der Waals surface area contributed by atoms with E-state index in [-0.39, 0.29) is 17.8 Å². The average molecular weight is 409 g/mol. The lowest BCUT2D eigenvalue weighted by atomic mass is 10.0. The maximum absolute atomic E-state index is 13.4. The molecule has 1 fully saturated rings. The van der Waals surface area contributed by atoms with Crippen LogP contribution in [0.15, 0.2) is 66.0 Å². The van der Waals surface area contributed by atoms with Crippen molar-refractivity contribution in [3.05, 3.63) is 87.9 Å². The normalized spacial score (nSPS) is 15.4. The average Bonchev–Trinajstić information content (AvgIpc) is 3.26. The minimum atomic E-state index is -0.287. The number of piperidine rings is 1. The summed E-state index contributed by atoms with van der Waals surface area (Å²) < 4.78 is 13.4. The number of rotatable bonds is 5. The van der Waals surface area contributed by atoms with Gasteiger partial charge in [-0.1, -0.05) is 35.9 Å². The molecule has 0 saturated carbocycles. The first kappa shape index (κ1) is 19.8. The van der Waals surface area contributed by atoms with E-state index in [1.54, 1.807) is 12.1 Å². The second-order valence-corrected chi connectivity index (χ2v) is 8.57. The Labute approximate surface area is 175 Å². The van der Waals surface area contributed by atoms with Gasteiger partial charge in [0.2, 0.25) is 0 Å². The SMILES string of the molecule is Cc1cccc(CN2CCC(N(C(=O)c3cccs3)c3ccc(F)cc3)CC2)c1. The minimum absolute atomic E-state index is 0.00347. The molecule has 1 amide bonds. The summed E-state index contributed by atoms with van der Waals surface area (Å²) in [6.45, 7) is 4.93. The van der Waals surface area contributed by atoms with Crippen molar-refractivity contribution in [2.24, 2.45) is 0 Å².